The lowest BCUT2D eigenvalue weighted by Gasteiger charge is -2.33. The molecule has 0 fully saturated rings. The molecule has 2 aromatic carbocycles. The SMILES string of the molecule is C[C@H]1CN(CC(=O)NCC(=O)Nc2ccccc2Br)c2ccccc2S1. The Hall–Kier alpha value is -1.99. The standard InChI is InChI=1S/C19H20BrN3O2S/c1-13-11-23(16-8-4-5-9-17(16)26-13)12-19(25)21-10-18(24)22-15-7-3-2-6-14(15)20/h2-9,13H,10-12H2,1H3,(H,21,25)(H,22,24)/t13-/m0/s1. The Morgan fingerprint density at radius 3 is 2.69 bits per heavy atom. The summed E-state index contributed by atoms with van der Waals surface area (Å²) in [4.78, 5) is 27.6. The highest BCUT2D eigenvalue weighted by atomic mass is 79.9. The Bertz CT molecular complexity index is 815. The quantitative estimate of drug-likeness (QED) is 0.757. The van der Waals surface area contributed by atoms with Gasteiger partial charge in [-0.1, -0.05) is 31.2 Å². The number of para-hydroxylation sites is 2. The molecule has 2 aromatic rings. The number of carbonyl (C=O) groups is 2. The van der Waals surface area contributed by atoms with Crippen molar-refractivity contribution in [3.63, 3.8) is 0 Å². The zero-order chi connectivity index (χ0) is 18.5. The minimum absolute atomic E-state index is 0.0556. The number of hydrogen-bond donors (Lipinski definition) is 2. The molecule has 1 atom stereocenters. The van der Waals surface area contributed by atoms with E-state index in [0.717, 1.165) is 16.7 Å². The highest BCUT2D eigenvalue weighted by molar-refractivity contribution is 9.10. The minimum atomic E-state index is -0.256. The number of rotatable bonds is 5. The van der Waals surface area contributed by atoms with Crippen molar-refractivity contribution >= 4 is 50.9 Å². The van der Waals surface area contributed by atoms with E-state index in [1.54, 1.807) is 6.07 Å². The van der Waals surface area contributed by atoms with Crippen molar-refractivity contribution < 1.29 is 9.59 Å². The molecule has 2 N–H and O–H groups in total. The highest BCUT2D eigenvalue weighted by Crippen LogP contribution is 2.37. The minimum Gasteiger partial charge on any atom is -0.360 e. The maximum atomic E-state index is 12.3. The van der Waals surface area contributed by atoms with Crippen molar-refractivity contribution in [2.75, 3.05) is 29.9 Å². The second-order valence-corrected chi connectivity index (χ2v) is 8.42. The molecule has 0 bridgehead atoms. The van der Waals surface area contributed by atoms with Crippen LogP contribution in [0.2, 0.25) is 0 Å². The molecule has 0 spiro atoms. The van der Waals surface area contributed by atoms with Gasteiger partial charge in [-0.05, 0) is 40.2 Å². The van der Waals surface area contributed by atoms with Gasteiger partial charge in [0.05, 0.1) is 24.5 Å². The van der Waals surface area contributed by atoms with Gasteiger partial charge in [-0.15, -0.1) is 11.8 Å². The third-order valence-corrected chi connectivity index (χ3v) is 5.78. The van der Waals surface area contributed by atoms with Crippen molar-refractivity contribution in [1.82, 2.24) is 5.32 Å². The molecule has 5 nitrogen and oxygen atoms in total. The fourth-order valence-corrected chi connectivity index (χ4v) is 4.34. The molecule has 2 amide bonds. The van der Waals surface area contributed by atoms with Gasteiger partial charge in [-0.25, -0.2) is 0 Å². The van der Waals surface area contributed by atoms with Crippen LogP contribution in [-0.2, 0) is 9.59 Å². The van der Waals surface area contributed by atoms with Gasteiger partial charge >= 0.3 is 0 Å². The van der Waals surface area contributed by atoms with E-state index < -0.39 is 0 Å². The lowest BCUT2D eigenvalue weighted by atomic mass is 10.2. The molecule has 1 aliphatic rings. The Morgan fingerprint density at radius 1 is 1.15 bits per heavy atom. The summed E-state index contributed by atoms with van der Waals surface area (Å²) in [6.07, 6.45) is 0. The number of hydrogen-bond acceptors (Lipinski definition) is 4. The first kappa shape index (κ1) is 18.8. The van der Waals surface area contributed by atoms with Gasteiger partial charge in [-0.3, -0.25) is 9.59 Å². The zero-order valence-electron chi connectivity index (χ0n) is 14.4. The molecule has 1 heterocycles. The monoisotopic (exact) mass is 433 g/mol. The van der Waals surface area contributed by atoms with Gasteiger partial charge in [-0.2, -0.15) is 0 Å². The second-order valence-electron chi connectivity index (χ2n) is 6.08. The highest BCUT2D eigenvalue weighted by Gasteiger charge is 2.23. The molecule has 0 unspecified atom stereocenters. The average molecular weight is 434 g/mol. The van der Waals surface area contributed by atoms with Crippen molar-refractivity contribution in [3.8, 4) is 0 Å². The third kappa shape index (κ3) is 4.80. The number of thioether (sulfide) groups is 1. The van der Waals surface area contributed by atoms with Crippen LogP contribution >= 0.6 is 27.7 Å². The van der Waals surface area contributed by atoms with Gasteiger partial charge in [0, 0.05) is 21.2 Å². The predicted molar refractivity (Wildman–Crippen MR) is 110 cm³/mol. The Labute approximate surface area is 165 Å². The summed E-state index contributed by atoms with van der Waals surface area (Å²) in [7, 11) is 0. The maximum Gasteiger partial charge on any atom is 0.243 e. The van der Waals surface area contributed by atoms with E-state index in [9.17, 15) is 9.59 Å². The summed E-state index contributed by atoms with van der Waals surface area (Å²) in [5.74, 6) is -0.422. The third-order valence-electron chi connectivity index (χ3n) is 3.94. The van der Waals surface area contributed by atoms with Gasteiger partial charge in [0.2, 0.25) is 11.8 Å². The van der Waals surface area contributed by atoms with Crippen LogP contribution in [0.25, 0.3) is 0 Å². The lowest BCUT2D eigenvalue weighted by Crippen LogP contribution is -2.43. The van der Waals surface area contributed by atoms with Gasteiger partial charge < -0.3 is 15.5 Å². The number of carbonyl (C=O) groups excluding carboxylic acids is 2. The van der Waals surface area contributed by atoms with Crippen molar-refractivity contribution in [2.45, 2.75) is 17.1 Å². The van der Waals surface area contributed by atoms with Crippen LogP contribution in [0.1, 0.15) is 6.92 Å². The molecular weight excluding hydrogens is 414 g/mol. The summed E-state index contributed by atoms with van der Waals surface area (Å²) >= 11 is 5.20. The Balaban J connectivity index is 1.53. The van der Waals surface area contributed by atoms with Crippen LogP contribution in [-0.4, -0.2) is 36.7 Å². The van der Waals surface area contributed by atoms with Gasteiger partial charge in [0.15, 0.2) is 0 Å². The molecule has 0 aliphatic carbocycles. The first-order chi connectivity index (χ1) is 12.5. The average Bonchev–Trinajstić information content (AvgIpc) is 2.62. The molecule has 3 rings (SSSR count). The molecule has 0 saturated carbocycles. The first-order valence-corrected chi connectivity index (χ1v) is 10.0. The summed E-state index contributed by atoms with van der Waals surface area (Å²) in [6, 6.07) is 15.4. The lowest BCUT2D eigenvalue weighted by molar-refractivity contribution is -0.123. The molecule has 136 valence electrons. The molecule has 0 saturated heterocycles. The van der Waals surface area contributed by atoms with Gasteiger partial charge in [0.25, 0.3) is 0 Å². The number of nitrogens with one attached hydrogen (secondary N) is 2. The summed E-state index contributed by atoms with van der Waals surface area (Å²) < 4.78 is 0.802. The zero-order valence-corrected chi connectivity index (χ0v) is 16.8. The van der Waals surface area contributed by atoms with Crippen LogP contribution in [0.5, 0.6) is 0 Å². The summed E-state index contributed by atoms with van der Waals surface area (Å²) in [5, 5.41) is 5.89. The van der Waals surface area contributed by atoms with Crippen LogP contribution in [0.4, 0.5) is 11.4 Å². The molecule has 0 radical (unpaired) electrons. The molecule has 26 heavy (non-hydrogen) atoms. The summed E-state index contributed by atoms with van der Waals surface area (Å²) in [6.45, 7) is 3.14. The number of anilines is 2. The van der Waals surface area contributed by atoms with E-state index in [0.29, 0.717) is 10.9 Å². The van der Waals surface area contributed by atoms with E-state index in [2.05, 4.69) is 44.5 Å². The van der Waals surface area contributed by atoms with E-state index in [1.165, 1.54) is 4.90 Å². The summed E-state index contributed by atoms with van der Waals surface area (Å²) in [5.41, 5.74) is 1.76. The van der Waals surface area contributed by atoms with E-state index in [4.69, 9.17) is 0 Å². The molecule has 7 heteroatoms. The number of fused-ring (bicyclic) bond motifs is 1. The van der Waals surface area contributed by atoms with Crippen LogP contribution < -0.4 is 15.5 Å². The molecule has 0 aromatic heterocycles. The molecule has 1 aliphatic heterocycles. The largest absolute Gasteiger partial charge is 0.360 e. The predicted octanol–water partition coefficient (Wildman–Crippen LogP) is 3.50. The van der Waals surface area contributed by atoms with Crippen molar-refractivity contribution in [1.29, 1.82) is 0 Å². The van der Waals surface area contributed by atoms with E-state index in [1.807, 2.05) is 48.2 Å². The first-order valence-electron chi connectivity index (χ1n) is 8.34. The second kappa shape index (κ2) is 8.60. The Kier molecular flexibility index (Phi) is 6.21. The fraction of sp³-hybridized carbons (Fsp3) is 0.263. The molecular formula is C19H20BrN3O2S. The number of benzene rings is 2. The van der Waals surface area contributed by atoms with Crippen LogP contribution in [0.3, 0.4) is 0 Å². The van der Waals surface area contributed by atoms with E-state index >= 15 is 0 Å². The normalized spacial score (nSPS) is 15.9. The number of halogens is 1. The van der Waals surface area contributed by atoms with E-state index in [-0.39, 0.29) is 24.9 Å². The van der Waals surface area contributed by atoms with Gasteiger partial charge in [0.1, 0.15) is 0 Å². The van der Waals surface area contributed by atoms with Crippen LogP contribution in [0, 0.1) is 0 Å². The Morgan fingerprint density at radius 2 is 1.88 bits per heavy atom. The van der Waals surface area contributed by atoms with Crippen molar-refractivity contribution in [2.24, 2.45) is 0 Å². The fourth-order valence-electron chi connectivity index (χ4n) is 2.80. The topological polar surface area (TPSA) is 61.4 Å². The number of nitrogens with zero attached hydrogens (tertiary/aromatic N) is 1. The van der Waals surface area contributed by atoms with Crippen molar-refractivity contribution in [3.05, 3.63) is 53.0 Å². The maximum absolute atomic E-state index is 12.3. The number of amides is 2. The van der Waals surface area contributed by atoms with Crippen LogP contribution in [0.15, 0.2) is 57.9 Å². The smallest absolute Gasteiger partial charge is 0.243 e.